The molecule has 1 aromatic carbocycles. The molecule has 0 saturated heterocycles. The molecular weight excluding hydrogens is 322 g/mol. The third-order valence-corrected chi connectivity index (χ3v) is 3.88. The predicted molar refractivity (Wildman–Crippen MR) is 94.6 cm³/mol. The van der Waals surface area contributed by atoms with Gasteiger partial charge in [0, 0.05) is 11.4 Å². The summed E-state index contributed by atoms with van der Waals surface area (Å²) >= 11 is 0. The van der Waals surface area contributed by atoms with Crippen molar-refractivity contribution in [3.8, 4) is 0 Å². The molecule has 0 bridgehead atoms. The van der Waals surface area contributed by atoms with Crippen molar-refractivity contribution in [3.63, 3.8) is 0 Å². The summed E-state index contributed by atoms with van der Waals surface area (Å²) < 4.78 is 10.4. The van der Waals surface area contributed by atoms with Crippen LogP contribution in [-0.4, -0.2) is 30.6 Å². The van der Waals surface area contributed by atoms with E-state index < -0.39 is 17.9 Å². The lowest BCUT2D eigenvalue weighted by Gasteiger charge is -2.30. The summed E-state index contributed by atoms with van der Waals surface area (Å²) in [7, 11) is 0. The van der Waals surface area contributed by atoms with Crippen molar-refractivity contribution >= 4 is 11.9 Å². The molecule has 136 valence electrons. The van der Waals surface area contributed by atoms with Gasteiger partial charge in [0.2, 0.25) is 0 Å². The number of ether oxygens (including phenoxy) is 2. The van der Waals surface area contributed by atoms with E-state index in [0.29, 0.717) is 22.5 Å². The van der Waals surface area contributed by atoms with E-state index in [9.17, 15) is 9.59 Å². The van der Waals surface area contributed by atoms with Crippen LogP contribution in [0.3, 0.4) is 0 Å². The molecule has 0 radical (unpaired) electrons. The van der Waals surface area contributed by atoms with Gasteiger partial charge in [-0.25, -0.2) is 9.59 Å². The van der Waals surface area contributed by atoms with Crippen molar-refractivity contribution in [1.29, 1.82) is 0 Å². The van der Waals surface area contributed by atoms with Crippen molar-refractivity contribution in [1.82, 2.24) is 5.32 Å². The molecule has 6 heteroatoms. The number of carbonyl (C=O) groups excluding carboxylic acids is 2. The first-order chi connectivity index (χ1) is 11.5. The van der Waals surface area contributed by atoms with Crippen LogP contribution in [0.25, 0.3) is 0 Å². The van der Waals surface area contributed by atoms with E-state index in [-0.39, 0.29) is 18.7 Å². The van der Waals surface area contributed by atoms with Crippen molar-refractivity contribution in [2.75, 3.05) is 13.2 Å². The fourth-order valence-electron chi connectivity index (χ4n) is 2.93. The molecule has 0 atom stereocenters. The summed E-state index contributed by atoms with van der Waals surface area (Å²) in [4.78, 5) is 25.1. The van der Waals surface area contributed by atoms with E-state index in [0.717, 1.165) is 5.56 Å². The molecule has 0 fully saturated rings. The van der Waals surface area contributed by atoms with Crippen LogP contribution in [0.5, 0.6) is 0 Å². The normalized spacial score (nSPS) is 14.6. The number of benzene rings is 1. The molecule has 1 heterocycles. The number of allylic oxidation sites excluding steroid dienone is 2. The quantitative estimate of drug-likeness (QED) is 0.824. The second kappa shape index (κ2) is 9.03. The summed E-state index contributed by atoms with van der Waals surface area (Å²) in [6, 6.07) is 9.46. The molecule has 0 aliphatic carbocycles. The van der Waals surface area contributed by atoms with Gasteiger partial charge in [0.1, 0.15) is 0 Å². The zero-order chi connectivity index (χ0) is 17.7. The Morgan fingerprint density at radius 1 is 0.920 bits per heavy atom. The maximum Gasteiger partial charge on any atom is 0.336 e. The third-order valence-electron chi connectivity index (χ3n) is 3.88. The topological polar surface area (TPSA) is 96.1 Å². The van der Waals surface area contributed by atoms with E-state index >= 15 is 0 Å². The number of dihydropyridines is 1. The Labute approximate surface area is 147 Å². The molecule has 0 saturated carbocycles. The van der Waals surface area contributed by atoms with Gasteiger partial charge in [0.25, 0.3) is 0 Å². The highest BCUT2D eigenvalue weighted by Crippen LogP contribution is 2.39. The molecule has 0 aromatic heterocycles. The van der Waals surface area contributed by atoms with Gasteiger partial charge in [-0.05, 0) is 33.3 Å². The molecule has 6 nitrogen and oxygen atoms in total. The van der Waals surface area contributed by atoms with Gasteiger partial charge in [-0.15, -0.1) is 0 Å². The number of esters is 2. The number of hydrogen-bond donors (Lipinski definition) is 1. The lowest BCUT2D eigenvalue weighted by molar-refractivity contribution is -0.139. The highest BCUT2D eigenvalue weighted by molar-refractivity contribution is 5.99. The molecule has 1 aliphatic heterocycles. The van der Waals surface area contributed by atoms with E-state index in [1.54, 1.807) is 13.8 Å². The molecule has 0 unspecified atom stereocenters. The summed E-state index contributed by atoms with van der Waals surface area (Å²) in [5, 5.41) is 3.12. The third kappa shape index (κ3) is 4.28. The van der Waals surface area contributed by atoms with Gasteiger partial charge in [-0.2, -0.15) is 0 Å². The fourth-order valence-corrected chi connectivity index (χ4v) is 2.93. The molecule has 0 spiro atoms. The molecule has 3 N–H and O–H groups in total. The first-order valence-electron chi connectivity index (χ1n) is 8.08. The fraction of sp³-hybridized carbons (Fsp3) is 0.368. The Hall–Kier alpha value is -2.60. The summed E-state index contributed by atoms with van der Waals surface area (Å²) in [6.45, 7) is 7.69. The Kier molecular flexibility index (Phi) is 7.39. The molecule has 2 rings (SSSR count). The van der Waals surface area contributed by atoms with Crippen LogP contribution < -0.4 is 5.32 Å². The monoisotopic (exact) mass is 347 g/mol. The highest BCUT2D eigenvalue weighted by Gasteiger charge is 2.37. The SMILES string of the molecule is CCOC(=O)C1=C(C)NC(C)=C(C(=O)OCC)C1c1ccccc1.O. The predicted octanol–water partition coefficient (Wildman–Crippen LogP) is 2.22. The average molecular weight is 347 g/mol. The Balaban J connectivity index is 0.00000312. The van der Waals surface area contributed by atoms with Crippen LogP contribution in [0, 0.1) is 0 Å². The van der Waals surface area contributed by atoms with Gasteiger partial charge < -0.3 is 20.3 Å². The zero-order valence-corrected chi connectivity index (χ0v) is 15.0. The smallest absolute Gasteiger partial charge is 0.336 e. The second-order valence-electron chi connectivity index (χ2n) is 5.49. The van der Waals surface area contributed by atoms with Gasteiger partial charge in [-0.3, -0.25) is 0 Å². The summed E-state index contributed by atoms with van der Waals surface area (Å²) in [5.41, 5.74) is 3.11. The Morgan fingerprint density at radius 3 is 1.76 bits per heavy atom. The number of hydrogen-bond acceptors (Lipinski definition) is 5. The van der Waals surface area contributed by atoms with Crippen LogP contribution >= 0.6 is 0 Å². The van der Waals surface area contributed by atoms with Gasteiger partial charge in [0.15, 0.2) is 0 Å². The Morgan fingerprint density at radius 2 is 1.36 bits per heavy atom. The Bertz CT molecular complexity index is 651. The van der Waals surface area contributed by atoms with E-state index in [2.05, 4.69) is 5.32 Å². The lowest BCUT2D eigenvalue weighted by Crippen LogP contribution is -2.32. The van der Waals surface area contributed by atoms with Gasteiger partial charge >= 0.3 is 11.9 Å². The maximum atomic E-state index is 12.5. The van der Waals surface area contributed by atoms with Crippen molar-refractivity contribution in [2.45, 2.75) is 33.6 Å². The molecule has 1 aromatic rings. The summed E-state index contributed by atoms with van der Waals surface area (Å²) in [6.07, 6.45) is 0. The zero-order valence-electron chi connectivity index (χ0n) is 15.0. The van der Waals surface area contributed by atoms with E-state index in [4.69, 9.17) is 9.47 Å². The second-order valence-corrected chi connectivity index (χ2v) is 5.49. The number of carbonyl (C=O) groups is 2. The van der Waals surface area contributed by atoms with Crippen LogP contribution in [0.4, 0.5) is 0 Å². The minimum Gasteiger partial charge on any atom is -0.463 e. The molecule has 25 heavy (non-hydrogen) atoms. The van der Waals surface area contributed by atoms with E-state index in [1.807, 2.05) is 44.2 Å². The van der Waals surface area contributed by atoms with Crippen LogP contribution in [0.2, 0.25) is 0 Å². The standard InChI is InChI=1S/C19H23NO4.H2O/c1-5-23-18(21)15-12(3)20-13(4)16(19(22)24-6-2)17(15)14-10-8-7-9-11-14;/h7-11,17,20H,5-6H2,1-4H3;1H2. The molecule has 0 amide bonds. The highest BCUT2D eigenvalue weighted by atomic mass is 16.5. The van der Waals surface area contributed by atoms with Gasteiger partial charge in [-0.1, -0.05) is 30.3 Å². The van der Waals surface area contributed by atoms with Crippen molar-refractivity contribution in [2.24, 2.45) is 0 Å². The van der Waals surface area contributed by atoms with Crippen LogP contribution in [-0.2, 0) is 19.1 Å². The van der Waals surface area contributed by atoms with Crippen molar-refractivity contribution in [3.05, 3.63) is 58.4 Å². The van der Waals surface area contributed by atoms with Crippen LogP contribution in [0.1, 0.15) is 39.2 Å². The minimum absolute atomic E-state index is 0. The first kappa shape index (κ1) is 20.4. The largest absolute Gasteiger partial charge is 0.463 e. The van der Waals surface area contributed by atoms with Crippen LogP contribution in [0.15, 0.2) is 52.9 Å². The maximum absolute atomic E-state index is 12.5. The summed E-state index contributed by atoms with van der Waals surface area (Å²) in [5.74, 6) is -1.36. The minimum atomic E-state index is -0.509. The molecule has 1 aliphatic rings. The lowest BCUT2D eigenvalue weighted by atomic mass is 9.80. The first-order valence-corrected chi connectivity index (χ1v) is 8.08. The number of nitrogens with one attached hydrogen (secondary N) is 1. The van der Waals surface area contributed by atoms with E-state index in [1.165, 1.54) is 0 Å². The van der Waals surface area contributed by atoms with Crippen molar-refractivity contribution < 1.29 is 24.5 Å². The molecular formula is C19H25NO5. The number of rotatable bonds is 5. The van der Waals surface area contributed by atoms with Gasteiger partial charge in [0.05, 0.1) is 30.3 Å². The average Bonchev–Trinajstić information content (AvgIpc) is 2.55.